The number of hydrogen-bond donors (Lipinski definition) is 0. The predicted molar refractivity (Wildman–Crippen MR) is 80.8 cm³/mol. The van der Waals surface area contributed by atoms with Crippen LogP contribution in [0.2, 0.25) is 0 Å². The van der Waals surface area contributed by atoms with Gasteiger partial charge in [-0.15, -0.1) is 0 Å². The minimum atomic E-state index is 0.137. The third kappa shape index (κ3) is 3.26. The van der Waals surface area contributed by atoms with Crippen molar-refractivity contribution in [3.63, 3.8) is 0 Å². The molecule has 2 aliphatic rings. The number of carbonyl (C=O) groups excluding carboxylic acids is 2. The summed E-state index contributed by atoms with van der Waals surface area (Å²) >= 11 is 0. The summed E-state index contributed by atoms with van der Waals surface area (Å²) in [6.45, 7) is 3.27. The third-order valence-corrected chi connectivity index (χ3v) is 4.39. The van der Waals surface area contributed by atoms with Crippen molar-refractivity contribution in [1.82, 2.24) is 9.80 Å². The highest BCUT2D eigenvalue weighted by atomic mass is 16.2. The van der Waals surface area contributed by atoms with E-state index < -0.39 is 0 Å². The van der Waals surface area contributed by atoms with Gasteiger partial charge in [0.1, 0.15) is 0 Å². The third-order valence-electron chi connectivity index (χ3n) is 4.39. The van der Waals surface area contributed by atoms with Crippen molar-refractivity contribution in [2.24, 2.45) is 0 Å². The van der Waals surface area contributed by atoms with Crippen LogP contribution in [0.15, 0.2) is 24.3 Å². The van der Waals surface area contributed by atoms with Gasteiger partial charge in [-0.2, -0.15) is 0 Å². The fourth-order valence-corrected chi connectivity index (χ4v) is 3.12. The van der Waals surface area contributed by atoms with Crippen LogP contribution in [0.5, 0.6) is 0 Å². The molecule has 2 saturated heterocycles. The molecule has 4 heteroatoms. The molecule has 2 fully saturated rings. The van der Waals surface area contributed by atoms with E-state index in [9.17, 15) is 9.59 Å². The van der Waals surface area contributed by atoms with Gasteiger partial charge in [0, 0.05) is 38.2 Å². The maximum Gasteiger partial charge on any atom is 0.253 e. The van der Waals surface area contributed by atoms with Crippen molar-refractivity contribution >= 4 is 11.8 Å². The van der Waals surface area contributed by atoms with Crippen LogP contribution in [-0.4, -0.2) is 41.2 Å². The Labute approximate surface area is 125 Å². The first-order valence-electron chi connectivity index (χ1n) is 7.90. The van der Waals surface area contributed by atoms with Crippen molar-refractivity contribution in [2.45, 2.75) is 38.6 Å². The van der Waals surface area contributed by atoms with Gasteiger partial charge < -0.3 is 9.80 Å². The largest absolute Gasteiger partial charge is 0.339 e. The van der Waals surface area contributed by atoms with Gasteiger partial charge in [0.05, 0.1) is 0 Å². The number of benzene rings is 1. The fraction of sp³-hybridized carbons (Fsp3) is 0.529. The first kappa shape index (κ1) is 14.1. The topological polar surface area (TPSA) is 40.6 Å². The molecular weight excluding hydrogens is 264 g/mol. The molecule has 2 heterocycles. The Bertz CT molecular complexity index is 518. The van der Waals surface area contributed by atoms with Crippen LogP contribution in [0.4, 0.5) is 0 Å². The first-order chi connectivity index (χ1) is 10.2. The zero-order chi connectivity index (χ0) is 14.7. The Kier molecular flexibility index (Phi) is 4.23. The van der Waals surface area contributed by atoms with Crippen molar-refractivity contribution in [1.29, 1.82) is 0 Å². The molecule has 0 saturated carbocycles. The highest BCUT2D eigenvalue weighted by Gasteiger charge is 2.21. The van der Waals surface area contributed by atoms with Gasteiger partial charge in [0.15, 0.2) is 0 Å². The van der Waals surface area contributed by atoms with Crippen LogP contribution >= 0.6 is 0 Å². The second-order valence-electron chi connectivity index (χ2n) is 5.97. The SMILES string of the molecule is O=C1CCCN1Cc1ccc(C(=O)N2CCCCC2)cc1. The summed E-state index contributed by atoms with van der Waals surface area (Å²) in [7, 11) is 0. The van der Waals surface area contributed by atoms with Crippen LogP contribution in [0, 0.1) is 0 Å². The van der Waals surface area contributed by atoms with Crippen LogP contribution in [0.25, 0.3) is 0 Å². The molecule has 21 heavy (non-hydrogen) atoms. The van der Waals surface area contributed by atoms with Crippen molar-refractivity contribution in [2.75, 3.05) is 19.6 Å². The predicted octanol–water partition coefficient (Wildman–Crippen LogP) is 2.44. The molecule has 0 bridgehead atoms. The summed E-state index contributed by atoms with van der Waals surface area (Å²) in [5.74, 6) is 0.377. The lowest BCUT2D eigenvalue weighted by Crippen LogP contribution is -2.35. The Morgan fingerprint density at radius 2 is 1.67 bits per heavy atom. The lowest BCUT2D eigenvalue weighted by molar-refractivity contribution is -0.128. The molecule has 1 aromatic rings. The number of hydrogen-bond acceptors (Lipinski definition) is 2. The molecule has 1 aromatic carbocycles. The molecule has 0 radical (unpaired) electrons. The molecule has 0 spiro atoms. The number of piperidine rings is 1. The van der Waals surface area contributed by atoms with Crippen molar-refractivity contribution in [3.8, 4) is 0 Å². The van der Waals surface area contributed by atoms with E-state index in [1.807, 2.05) is 34.1 Å². The van der Waals surface area contributed by atoms with E-state index in [2.05, 4.69) is 0 Å². The monoisotopic (exact) mass is 286 g/mol. The molecule has 112 valence electrons. The average molecular weight is 286 g/mol. The van der Waals surface area contributed by atoms with E-state index in [0.29, 0.717) is 13.0 Å². The number of carbonyl (C=O) groups is 2. The molecule has 0 atom stereocenters. The van der Waals surface area contributed by atoms with Gasteiger partial charge in [-0.05, 0) is 43.4 Å². The molecule has 3 rings (SSSR count). The lowest BCUT2D eigenvalue weighted by atomic mass is 10.1. The van der Waals surface area contributed by atoms with E-state index in [1.165, 1.54) is 6.42 Å². The normalized spacial score (nSPS) is 19.1. The van der Waals surface area contributed by atoms with Crippen molar-refractivity contribution < 1.29 is 9.59 Å². The average Bonchev–Trinajstić information content (AvgIpc) is 2.93. The minimum Gasteiger partial charge on any atom is -0.339 e. The van der Waals surface area contributed by atoms with E-state index in [-0.39, 0.29) is 11.8 Å². The van der Waals surface area contributed by atoms with Crippen LogP contribution in [-0.2, 0) is 11.3 Å². The highest BCUT2D eigenvalue weighted by molar-refractivity contribution is 5.94. The number of likely N-dealkylation sites (tertiary alicyclic amines) is 2. The molecule has 0 aliphatic carbocycles. The zero-order valence-electron chi connectivity index (χ0n) is 12.4. The molecule has 0 unspecified atom stereocenters. The van der Waals surface area contributed by atoms with Gasteiger partial charge in [-0.3, -0.25) is 9.59 Å². The molecular formula is C17H22N2O2. The van der Waals surface area contributed by atoms with Gasteiger partial charge in [-0.1, -0.05) is 12.1 Å². The van der Waals surface area contributed by atoms with Gasteiger partial charge in [0.25, 0.3) is 5.91 Å². The fourth-order valence-electron chi connectivity index (χ4n) is 3.12. The summed E-state index contributed by atoms with van der Waals surface area (Å²) < 4.78 is 0. The Balaban J connectivity index is 1.63. The summed E-state index contributed by atoms with van der Waals surface area (Å²) in [5.41, 5.74) is 1.86. The lowest BCUT2D eigenvalue weighted by Gasteiger charge is -2.26. The summed E-state index contributed by atoms with van der Waals surface area (Å²) in [4.78, 5) is 27.8. The van der Waals surface area contributed by atoms with Gasteiger partial charge in [0.2, 0.25) is 5.91 Å². The molecule has 0 N–H and O–H groups in total. The number of amides is 2. The second-order valence-corrected chi connectivity index (χ2v) is 5.97. The van der Waals surface area contributed by atoms with E-state index in [4.69, 9.17) is 0 Å². The molecule has 2 aliphatic heterocycles. The van der Waals surface area contributed by atoms with E-state index >= 15 is 0 Å². The Morgan fingerprint density at radius 1 is 0.952 bits per heavy atom. The van der Waals surface area contributed by atoms with Crippen LogP contribution < -0.4 is 0 Å². The highest BCUT2D eigenvalue weighted by Crippen LogP contribution is 2.17. The van der Waals surface area contributed by atoms with Gasteiger partial charge >= 0.3 is 0 Å². The Morgan fingerprint density at radius 3 is 2.29 bits per heavy atom. The molecule has 0 aromatic heterocycles. The van der Waals surface area contributed by atoms with Gasteiger partial charge in [-0.25, -0.2) is 0 Å². The smallest absolute Gasteiger partial charge is 0.253 e. The maximum atomic E-state index is 12.4. The van der Waals surface area contributed by atoms with Crippen LogP contribution in [0.1, 0.15) is 48.0 Å². The maximum absolute atomic E-state index is 12.4. The number of rotatable bonds is 3. The number of nitrogens with zero attached hydrogens (tertiary/aromatic N) is 2. The van der Waals surface area contributed by atoms with E-state index in [1.54, 1.807) is 0 Å². The summed E-state index contributed by atoms with van der Waals surface area (Å²) in [6.07, 6.45) is 5.09. The molecule has 4 nitrogen and oxygen atoms in total. The second kappa shape index (κ2) is 6.29. The summed E-state index contributed by atoms with van der Waals surface area (Å²) in [5, 5.41) is 0. The molecule has 2 amide bonds. The summed E-state index contributed by atoms with van der Waals surface area (Å²) in [6, 6.07) is 7.74. The van der Waals surface area contributed by atoms with Crippen LogP contribution in [0.3, 0.4) is 0 Å². The minimum absolute atomic E-state index is 0.137. The van der Waals surface area contributed by atoms with E-state index in [0.717, 1.165) is 50.0 Å². The zero-order valence-corrected chi connectivity index (χ0v) is 12.4. The van der Waals surface area contributed by atoms with Crippen molar-refractivity contribution in [3.05, 3.63) is 35.4 Å². The Hall–Kier alpha value is -1.84. The first-order valence-corrected chi connectivity index (χ1v) is 7.90. The quantitative estimate of drug-likeness (QED) is 0.856. The standard InChI is InChI=1S/C17H22N2O2/c20-16-5-4-12-19(16)13-14-6-8-15(9-7-14)17(21)18-10-2-1-3-11-18/h6-9H,1-5,10-13H2.